The zero-order valence-electron chi connectivity index (χ0n) is 23.1. The quantitative estimate of drug-likeness (QED) is 0.135. The third-order valence-electron chi connectivity index (χ3n) is 7.55. The predicted molar refractivity (Wildman–Crippen MR) is 147 cm³/mol. The number of Topliss-reactive ketones (excluding diaryl/α,β-unsaturated/α-hetero) is 2. The number of hydrogen-bond donors (Lipinski definition) is 7. The van der Waals surface area contributed by atoms with E-state index in [0.717, 1.165) is 5.69 Å². The normalized spacial score (nSPS) is 25.8. The van der Waals surface area contributed by atoms with Gasteiger partial charge in [-0.25, -0.2) is 4.79 Å². The van der Waals surface area contributed by atoms with Gasteiger partial charge in [0, 0.05) is 31.3 Å². The van der Waals surface area contributed by atoms with E-state index in [4.69, 9.17) is 11.5 Å². The van der Waals surface area contributed by atoms with Gasteiger partial charge in [0.05, 0.1) is 11.6 Å². The number of ether oxygens (including phenoxy) is 1. The fourth-order valence-corrected chi connectivity index (χ4v) is 5.83. The molecule has 14 heteroatoms. The summed E-state index contributed by atoms with van der Waals surface area (Å²) in [6.07, 6.45) is -0.0833. The molecule has 0 heterocycles. The van der Waals surface area contributed by atoms with E-state index < -0.39 is 70.4 Å². The number of amides is 2. The van der Waals surface area contributed by atoms with E-state index in [1.54, 1.807) is 20.2 Å². The van der Waals surface area contributed by atoms with Crippen molar-refractivity contribution in [1.82, 2.24) is 4.90 Å². The Labute approximate surface area is 235 Å². The van der Waals surface area contributed by atoms with Gasteiger partial charge in [0.25, 0.3) is 5.91 Å². The molecule has 0 saturated heterocycles. The van der Waals surface area contributed by atoms with Gasteiger partial charge in [-0.05, 0) is 56.6 Å². The second kappa shape index (κ2) is 11.2. The maximum absolute atomic E-state index is 13.7. The van der Waals surface area contributed by atoms with E-state index in [1.165, 1.54) is 17.0 Å². The SMILES string of the molecule is C=CC(N)OC(N)=O.CN(C)c1ccc(O)c2c1C[C@H]1C[C@H]3[C@H](N(C)C)C(=O)C(C(N)=O)=C(O)[C@@]3(O)C(=O)C1=C2O. The zero-order valence-corrected chi connectivity index (χ0v) is 23.1. The predicted octanol–water partition coefficient (Wildman–Crippen LogP) is -0.417. The number of rotatable bonds is 5. The summed E-state index contributed by atoms with van der Waals surface area (Å²) in [5.74, 6) is -6.54. The van der Waals surface area contributed by atoms with Gasteiger partial charge in [0.15, 0.2) is 17.6 Å². The number of nitrogens with zero attached hydrogens (tertiary/aromatic N) is 2. The number of ketones is 2. The summed E-state index contributed by atoms with van der Waals surface area (Å²) < 4.78 is 4.20. The van der Waals surface area contributed by atoms with Gasteiger partial charge in [-0.3, -0.25) is 25.0 Å². The summed E-state index contributed by atoms with van der Waals surface area (Å²) in [6, 6.07) is 2.01. The number of anilines is 1. The molecule has 222 valence electrons. The van der Waals surface area contributed by atoms with E-state index in [-0.39, 0.29) is 29.7 Å². The van der Waals surface area contributed by atoms with Crippen LogP contribution in [0.25, 0.3) is 5.76 Å². The topological polar surface area (TPSA) is 243 Å². The van der Waals surface area contributed by atoms with Crippen molar-refractivity contribution in [3.05, 3.63) is 52.8 Å². The van der Waals surface area contributed by atoms with Gasteiger partial charge >= 0.3 is 6.09 Å². The first-order valence-electron chi connectivity index (χ1n) is 12.5. The molecule has 41 heavy (non-hydrogen) atoms. The maximum Gasteiger partial charge on any atom is 0.406 e. The smallest absolute Gasteiger partial charge is 0.406 e. The lowest BCUT2D eigenvalue weighted by Crippen LogP contribution is -2.65. The number of nitrogens with two attached hydrogens (primary N) is 3. The number of phenols is 1. The zero-order chi connectivity index (χ0) is 31.1. The van der Waals surface area contributed by atoms with Crippen LogP contribution in [0.4, 0.5) is 10.5 Å². The molecule has 3 aliphatic rings. The Kier molecular flexibility index (Phi) is 8.53. The van der Waals surface area contributed by atoms with E-state index in [2.05, 4.69) is 17.0 Å². The summed E-state index contributed by atoms with van der Waals surface area (Å²) in [4.78, 5) is 51.8. The van der Waals surface area contributed by atoms with E-state index in [9.17, 15) is 39.6 Å². The van der Waals surface area contributed by atoms with Crippen molar-refractivity contribution >= 4 is 35.0 Å². The van der Waals surface area contributed by atoms with Crippen LogP contribution in [-0.4, -0.2) is 95.0 Å². The molecule has 1 unspecified atom stereocenters. The molecule has 4 rings (SSSR count). The third-order valence-corrected chi connectivity index (χ3v) is 7.55. The molecule has 0 radical (unpaired) electrons. The van der Waals surface area contributed by atoms with Crippen molar-refractivity contribution in [3.63, 3.8) is 0 Å². The number of carbonyl (C=O) groups excluding carboxylic acids is 4. The average Bonchev–Trinajstić information content (AvgIpc) is 2.85. The van der Waals surface area contributed by atoms with Crippen molar-refractivity contribution in [1.29, 1.82) is 0 Å². The number of hydrogen-bond acceptors (Lipinski definition) is 12. The highest BCUT2D eigenvalue weighted by molar-refractivity contribution is 6.24. The minimum absolute atomic E-state index is 0.0638. The van der Waals surface area contributed by atoms with Crippen LogP contribution < -0.4 is 22.1 Å². The van der Waals surface area contributed by atoms with Gasteiger partial charge in [-0.1, -0.05) is 6.58 Å². The van der Waals surface area contributed by atoms with E-state index in [1.807, 2.05) is 19.0 Å². The Morgan fingerprint density at radius 1 is 1.15 bits per heavy atom. The summed E-state index contributed by atoms with van der Waals surface area (Å²) in [6.45, 7) is 3.26. The largest absolute Gasteiger partial charge is 0.508 e. The number of benzene rings is 1. The highest BCUT2D eigenvalue weighted by atomic mass is 16.6. The minimum atomic E-state index is -2.63. The fourth-order valence-electron chi connectivity index (χ4n) is 5.83. The summed E-state index contributed by atoms with van der Waals surface area (Å²) >= 11 is 0. The van der Waals surface area contributed by atoms with Crippen molar-refractivity contribution < 1.29 is 44.3 Å². The number of aliphatic hydroxyl groups is 3. The first kappa shape index (κ1) is 31.1. The van der Waals surface area contributed by atoms with E-state index >= 15 is 0 Å². The Morgan fingerprint density at radius 3 is 2.22 bits per heavy atom. The molecule has 1 aromatic rings. The molecule has 1 saturated carbocycles. The van der Waals surface area contributed by atoms with Gasteiger partial charge in [-0.2, -0.15) is 0 Å². The number of aromatic hydroxyl groups is 1. The fraction of sp³-hybridized carbons (Fsp3) is 0.407. The van der Waals surface area contributed by atoms with Crippen LogP contribution in [0.2, 0.25) is 0 Å². The summed E-state index contributed by atoms with van der Waals surface area (Å²) in [5.41, 5.74) is 12.8. The lowest BCUT2D eigenvalue weighted by atomic mass is 9.57. The van der Waals surface area contributed by atoms with Gasteiger partial charge in [0.2, 0.25) is 5.78 Å². The highest BCUT2D eigenvalue weighted by Crippen LogP contribution is 2.53. The van der Waals surface area contributed by atoms with E-state index in [0.29, 0.717) is 5.56 Å². The number of aliphatic hydroxyl groups excluding tert-OH is 2. The van der Waals surface area contributed by atoms with Crippen LogP contribution in [0.5, 0.6) is 5.75 Å². The van der Waals surface area contributed by atoms with Crippen LogP contribution in [0.15, 0.2) is 41.7 Å². The third kappa shape index (κ3) is 5.12. The molecule has 14 nitrogen and oxygen atoms in total. The molecular weight excluding hydrogens is 538 g/mol. The molecule has 1 aromatic carbocycles. The summed E-state index contributed by atoms with van der Waals surface area (Å²) in [7, 11) is 6.75. The molecule has 5 atom stereocenters. The monoisotopic (exact) mass is 573 g/mol. The maximum atomic E-state index is 13.7. The van der Waals surface area contributed by atoms with Gasteiger partial charge in [-0.15, -0.1) is 0 Å². The Bertz CT molecular complexity index is 1380. The van der Waals surface area contributed by atoms with Crippen molar-refractivity contribution in [2.24, 2.45) is 29.0 Å². The Hall–Kier alpha value is -4.40. The van der Waals surface area contributed by atoms with Gasteiger partial charge in [0.1, 0.15) is 22.8 Å². The molecule has 3 aliphatic carbocycles. The second-order valence-electron chi connectivity index (χ2n) is 10.5. The molecule has 0 aromatic heterocycles. The number of primary amides is 2. The first-order valence-corrected chi connectivity index (χ1v) is 12.5. The number of fused-ring (bicyclic) bond motifs is 3. The average molecular weight is 574 g/mol. The molecule has 1 fully saturated rings. The second-order valence-corrected chi connectivity index (χ2v) is 10.5. The van der Waals surface area contributed by atoms with Crippen LogP contribution >= 0.6 is 0 Å². The van der Waals surface area contributed by atoms with Crippen LogP contribution in [0, 0.1) is 11.8 Å². The molecule has 0 aliphatic heterocycles. The highest BCUT2D eigenvalue weighted by Gasteiger charge is 2.64. The molecule has 0 bridgehead atoms. The molecule has 10 N–H and O–H groups in total. The lowest BCUT2D eigenvalue weighted by Gasteiger charge is -2.50. The van der Waals surface area contributed by atoms with Crippen LogP contribution in [0.1, 0.15) is 17.5 Å². The van der Waals surface area contributed by atoms with Crippen molar-refractivity contribution in [2.45, 2.75) is 30.7 Å². The Balaban J connectivity index is 0.000000507. The van der Waals surface area contributed by atoms with Crippen molar-refractivity contribution in [2.75, 3.05) is 33.1 Å². The van der Waals surface area contributed by atoms with Crippen LogP contribution in [0.3, 0.4) is 0 Å². The molecular formula is C27H35N5O9. The number of phenolic OH excluding ortho intramolecular Hbond substituents is 1. The van der Waals surface area contributed by atoms with Crippen molar-refractivity contribution in [3.8, 4) is 5.75 Å². The van der Waals surface area contributed by atoms with Gasteiger partial charge < -0.3 is 41.5 Å². The lowest BCUT2D eigenvalue weighted by molar-refractivity contribution is -0.153. The summed E-state index contributed by atoms with van der Waals surface area (Å²) in [5, 5.41) is 43.9. The number of carbonyl (C=O) groups is 4. The van der Waals surface area contributed by atoms with Crippen LogP contribution in [-0.2, 0) is 25.5 Å². The number of likely N-dealkylation sites (N-methyl/N-ethyl adjacent to an activating group) is 1. The minimum Gasteiger partial charge on any atom is -0.508 e. The molecule has 0 spiro atoms. The Morgan fingerprint density at radius 2 is 1.76 bits per heavy atom. The first-order chi connectivity index (χ1) is 19.0. The standard InChI is InChI=1S/C23H27N3O7.C4H8N2O2/c1-25(2)12-5-6-13(27)15-10(12)7-9-8-11-17(26(3)4)19(29)16(22(24)32)21(31)23(11,33)20(30)14(9)18(15)28;1-2-3(5)8-4(6)7/h5-6,9,11,17,27-28,31,33H,7-8H2,1-4H3,(H2,24,32);2-3H,1,5H2,(H2,6,7)/t9-,11-,17-,23-;/m0./s1. The molecule has 2 amide bonds.